The van der Waals surface area contributed by atoms with E-state index in [1.54, 1.807) is 0 Å². The Kier molecular flexibility index (Phi) is 3.46. The van der Waals surface area contributed by atoms with Gasteiger partial charge in [-0.05, 0) is 42.7 Å². The van der Waals surface area contributed by atoms with Gasteiger partial charge < -0.3 is 9.51 Å². The van der Waals surface area contributed by atoms with Gasteiger partial charge in [0.05, 0.1) is 29.8 Å². The number of hydrogen-bond acceptors (Lipinski definition) is 2. The van der Waals surface area contributed by atoms with Crippen LogP contribution in [0.25, 0.3) is 5.52 Å². The molecular formula is C18H24N2O. The van der Waals surface area contributed by atoms with Crippen LogP contribution in [0.3, 0.4) is 0 Å². The van der Waals surface area contributed by atoms with E-state index >= 15 is 0 Å². The van der Waals surface area contributed by atoms with Crippen molar-refractivity contribution in [2.75, 3.05) is 0 Å². The number of fused-ring (bicyclic) bond motifs is 1. The van der Waals surface area contributed by atoms with Crippen molar-refractivity contribution in [3.8, 4) is 0 Å². The normalized spacial score (nSPS) is 21.8. The van der Waals surface area contributed by atoms with Crippen molar-refractivity contribution in [1.82, 2.24) is 9.38 Å². The van der Waals surface area contributed by atoms with Crippen LogP contribution in [-0.2, 0) is 0 Å². The van der Waals surface area contributed by atoms with Gasteiger partial charge in [0.2, 0.25) is 0 Å². The van der Waals surface area contributed by atoms with Crippen molar-refractivity contribution >= 4 is 5.52 Å². The zero-order chi connectivity index (χ0) is 14.2. The Bertz CT molecular complexity index is 623. The smallest absolute Gasteiger partial charge is 0.0995 e. The van der Waals surface area contributed by atoms with Gasteiger partial charge in [-0.3, -0.25) is 0 Å². The fraction of sp³-hybridized carbons (Fsp3) is 0.611. The number of imidazole rings is 1. The Hall–Kier alpha value is -1.35. The molecule has 3 heteroatoms. The van der Waals surface area contributed by atoms with Gasteiger partial charge in [0.25, 0.3) is 0 Å². The molecule has 2 heterocycles. The van der Waals surface area contributed by atoms with Crippen LogP contribution >= 0.6 is 0 Å². The predicted octanol–water partition coefficient (Wildman–Crippen LogP) is 4.22. The van der Waals surface area contributed by atoms with E-state index in [1.165, 1.54) is 50.5 Å². The summed E-state index contributed by atoms with van der Waals surface area (Å²) in [6.07, 6.45) is 13.5. The van der Waals surface area contributed by atoms with Crippen LogP contribution in [0.15, 0.2) is 24.7 Å². The topological polar surface area (TPSA) is 37.5 Å². The van der Waals surface area contributed by atoms with E-state index in [-0.39, 0.29) is 6.10 Å². The van der Waals surface area contributed by atoms with Crippen molar-refractivity contribution in [2.24, 2.45) is 5.92 Å². The molecule has 0 bridgehead atoms. The first kappa shape index (κ1) is 13.3. The van der Waals surface area contributed by atoms with Crippen LogP contribution in [0.1, 0.15) is 74.6 Å². The van der Waals surface area contributed by atoms with E-state index in [0.29, 0.717) is 11.8 Å². The molecule has 0 aromatic carbocycles. The molecule has 0 amide bonds. The van der Waals surface area contributed by atoms with Crippen molar-refractivity contribution in [3.05, 3.63) is 35.9 Å². The molecule has 1 N–H and O–H groups in total. The molecule has 0 aliphatic heterocycles. The van der Waals surface area contributed by atoms with Crippen molar-refractivity contribution in [1.29, 1.82) is 0 Å². The minimum atomic E-state index is -0.346. The van der Waals surface area contributed by atoms with E-state index in [2.05, 4.69) is 21.5 Å². The Morgan fingerprint density at radius 3 is 2.71 bits per heavy atom. The van der Waals surface area contributed by atoms with E-state index < -0.39 is 0 Å². The monoisotopic (exact) mass is 284 g/mol. The highest BCUT2D eigenvalue weighted by Gasteiger charge is 2.30. The number of aromatic nitrogens is 2. The second-order valence-corrected chi connectivity index (χ2v) is 6.89. The first-order valence-electron chi connectivity index (χ1n) is 8.46. The number of aliphatic hydroxyl groups is 1. The van der Waals surface area contributed by atoms with Gasteiger partial charge in [0, 0.05) is 0 Å². The standard InChI is InChI=1S/C18H24N2O/c21-17(10-13-4-2-1-3-5-13)18-16(14-6-7-14)9-8-15-11-19-12-20(15)18/h8-9,11-14,17,21H,1-7,10H2/t17-/m1/s1. The summed E-state index contributed by atoms with van der Waals surface area (Å²) in [6, 6.07) is 4.35. The molecule has 0 unspecified atom stereocenters. The van der Waals surface area contributed by atoms with E-state index in [9.17, 15) is 5.11 Å². The van der Waals surface area contributed by atoms with Crippen LogP contribution in [0, 0.1) is 5.92 Å². The quantitative estimate of drug-likeness (QED) is 0.913. The lowest BCUT2D eigenvalue weighted by atomic mass is 9.84. The lowest BCUT2D eigenvalue weighted by Gasteiger charge is -2.25. The predicted molar refractivity (Wildman–Crippen MR) is 83.3 cm³/mol. The molecule has 2 saturated carbocycles. The fourth-order valence-corrected chi connectivity index (χ4v) is 3.97. The maximum absolute atomic E-state index is 10.9. The van der Waals surface area contributed by atoms with Crippen LogP contribution < -0.4 is 0 Å². The SMILES string of the molecule is O[C@H](CC1CCCCC1)c1c(C2CC2)ccc2cncn12. The Morgan fingerprint density at radius 1 is 1.14 bits per heavy atom. The van der Waals surface area contributed by atoms with Gasteiger partial charge in [0.15, 0.2) is 0 Å². The minimum Gasteiger partial charge on any atom is -0.387 e. The first-order chi connectivity index (χ1) is 10.3. The molecule has 0 saturated heterocycles. The van der Waals surface area contributed by atoms with E-state index in [4.69, 9.17) is 0 Å². The molecule has 3 nitrogen and oxygen atoms in total. The number of hydrogen-bond donors (Lipinski definition) is 1. The van der Waals surface area contributed by atoms with E-state index in [0.717, 1.165) is 17.6 Å². The summed E-state index contributed by atoms with van der Waals surface area (Å²) in [5.74, 6) is 1.35. The van der Waals surface area contributed by atoms with Gasteiger partial charge >= 0.3 is 0 Å². The van der Waals surface area contributed by atoms with Crippen molar-refractivity contribution in [3.63, 3.8) is 0 Å². The van der Waals surface area contributed by atoms with Crippen LogP contribution in [0.2, 0.25) is 0 Å². The second kappa shape index (κ2) is 5.45. The molecule has 2 fully saturated rings. The van der Waals surface area contributed by atoms with Crippen LogP contribution in [0.4, 0.5) is 0 Å². The average Bonchev–Trinajstić information content (AvgIpc) is 3.24. The molecule has 2 aromatic rings. The Labute approximate surface area is 126 Å². The maximum atomic E-state index is 10.9. The largest absolute Gasteiger partial charge is 0.387 e. The minimum absolute atomic E-state index is 0.346. The first-order valence-corrected chi connectivity index (χ1v) is 8.46. The van der Waals surface area contributed by atoms with Crippen molar-refractivity contribution in [2.45, 2.75) is 63.4 Å². The molecule has 112 valence electrons. The molecule has 1 atom stereocenters. The average molecular weight is 284 g/mol. The summed E-state index contributed by atoms with van der Waals surface area (Å²) in [7, 11) is 0. The molecular weight excluding hydrogens is 260 g/mol. The highest BCUT2D eigenvalue weighted by Crippen LogP contribution is 2.44. The number of nitrogens with zero attached hydrogens (tertiary/aromatic N) is 2. The number of pyridine rings is 1. The molecule has 21 heavy (non-hydrogen) atoms. The highest BCUT2D eigenvalue weighted by atomic mass is 16.3. The van der Waals surface area contributed by atoms with Crippen LogP contribution in [0.5, 0.6) is 0 Å². The summed E-state index contributed by atoms with van der Waals surface area (Å²) in [6.45, 7) is 0. The molecule has 4 rings (SSSR count). The summed E-state index contributed by atoms with van der Waals surface area (Å²) in [5.41, 5.74) is 3.55. The van der Waals surface area contributed by atoms with Gasteiger partial charge in [-0.2, -0.15) is 0 Å². The molecule has 2 aliphatic rings. The van der Waals surface area contributed by atoms with Gasteiger partial charge in [-0.15, -0.1) is 0 Å². The number of aliphatic hydroxyl groups excluding tert-OH is 1. The van der Waals surface area contributed by atoms with Gasteiger partial charge in [-0.25, -0.2) is 4.98 Å². The fourth-order valence-electron chi connectivity index (χ4n) is 3.97. The molecule has 0 spiro atoms. The van der Waals surface area contributed by atoms with Crippen LogP contribution in [-0.4, -0.2) is 14.5 Å². The summed E-state index contributed by atoms with van der Waals surface area (Å²) in [4.78, 5) is 4.26. The number of rotatable bonds is 4. The zero-order valence-corrected chi connectivity index (χ0v) is 12.5. The summed E-state index contributed by atoms with van der Waals surface area (Å²) in [5, 5.41) is 10.9. The third-order valence-electron chi connectivity index (χ3n) is 5.27. The third-order valence-corrected chi connectivity index (χ3v) is 5.27. The Balaban J connectivity index is 1.66. The molecule has 2 aliphatic carbocycles. The second-order valence-electron chi connectivity index (χ2n) is 6.89. The third kappa shape index (κ3) is 2.59. The van der Waals surface area contributed by atoms with E-state index in [1.807, 2.05) is 12.5 Å². The Morgan fingerprint density at radius 2 is 1.95 bits per heavy atom. The highest BCUT2D eigenvalue weighted by molar-refractivity contribution is 5.50. The lowest BCUT2D eigenvalue weighted by molar-refractivity contribution is 0.125. The molecule has 2 aromatic heterocycles. The molecule has 0 radical (unpaired) electrons. The zero-order valence-electron chi connectivity index (χ0n) is 12.5. The maximum Gasteiger partial charge on any atom is 0.0995 e. The summed E-state index contributed by atoms with van der Waals surface area (Å²) < 4.78 is 2.11. The van der Waals surface area contributed by atoms with Crippen molar-refractivity contribution < 1.29 is 5.11 Å². The van der Waals surface area contributed by atoms with Gasteiger partial charge in [0.1, 0.15) is 0 Å². The summed E-state index contributed by atoms with van der Waals surface area (Å²) >= 11 is 0. The lowest BCUT2D eigenvalue weighted by Crippen LogP contribution is -2.14. The van der Waals surface area contributed by atoms with Gasteiger partial charge in [-0.1, -0.05) is 38.2 Å².